The largest absolute Gasteiger partial charge is 0.342 e. The maximum atomic E-state index is 5.87. The summed E-state index contributed by atoms with van der Waals surface area (Å²) in [5.41, 5.74) is 8.38. The average molecular weight is 215 g/mol. The van der Waals surface area contributed by atoms with E-state index in [2.05, 4.69) is 16.0 Å². The van der Waals surface area contributed by atoms with Crippen LogP contribution in [-0.2, 0) is 6.42 Å². The van der Waals surface area contributed by atoms with Crippen molar-refractivity contribution in [3.05, 3.63) is 30.1 Å². The van der Waals surface area contributed by atoms with Crippen molar-refractivity contribution in [1.29, 1.82) is 0 Å². The van der Waals surface area contributed by atoms with Gasteiger partial charge in [-0.25, -0.2) is 4.98 Å². The van der Waals surface area contributed by atoms with Gasteiger partial charge in [0.2, 0.25) is 0 Å². The summed E-state index contributed by atoms with van der Waals surface area (Å²) in [5, 5.41) is 0. The van der Waals surface area contributed by atoms with Gasteiger partial charge in [-0.2, -0.15) is 0 Å². The second kappa shape index (κ2) is 3.59. The zero-order chi connectivity index (χ0) is 11.0. The molecule has 2 aromatic rings. The molecule has 84 valence electrons. The predicted molar refractivity (Wildman–Crippen MR) is 65.1 cm³/mol. The number of para-hydroxylation sites is 2. The summed E-state index contributed by atoms with van der Waals surface area (Å²) in [7, 11) is 0. The van der Waals surface area contributed by atoms with Crippen molar-refractivity contribution in [2.75, 3.05) is 6.54 Å². The number of rotatable bonds is 3. The minimum Gasteiger partial charge on any atom is -0.342 e. The molecule has 3 heteroatoms. The number of benzene rings is 1. The minimum absolute atomic E-state index is 0.327. The van der Waals surface area contributed by atoms with E-state index < -0.39 is 0 Å². The summed E-state index contributed by atoms with van der Waals surface area (Å²) in [6.07, 6.45) is 4.82. The number of nitrogens with two attached hydrogens (primary N) is 1. The van der Waals surface area contributed by atoms with Gasteiger partial charge in [0, 0.05) is 6.42 Å². The third kappa shape index (κ3) is 1.52. The van der Waals surface area contributed by atoms with Crippen LogP contribution >= 0.6 is 0 Å². The van der Waals surface area contributed by atoms with Gasteiger partial charge in [-0.1, -0.05) is 18.6 Å². The van der Waals surface area contributed by atoms with Crippen LogP contribution in [0.4, 0.5) is 0 Å². The molecule has 1 aliphatic carbocycles. The molecular weight excluding hydrogens is 198 g/mol. The highest BCUT2D eigenvalue weighted by molar-refractivity contribution is 5.74. The molecule has 1 aromatic heterocycles. The van der Waals surface area contributed by atoms with Crippen molar-refractivity contribution in [3.63, 3.8) is 0 Å². The number of fused-ring (bicyclic) bond motifs is 1. The molecule has 0 atom stereocenters. The van der Waals surface area contributed by atoms with E-state index in [1.807, 2.05) is 18.2 Å². The summed E-state index contributed by atoms with van der Waals surface area (Å²) in [4.78, 5) is 8.00. The molecular formula is C13H17N3. The Bertz CT molecular complexity index is 458. The van der Waals surface area contributed by atoms with Crippen LogP contribution in [-0.4, -0.2) is 16.5 Å². The van der Waals surface area contributed by atoms with E-state index in [4.69, 9.17) is 5.73 Å². The van der Waals surface area contributed by atoms with Crippen molar-refractivity contribution in [2.45, 2.75) is 25.7 Å². The van der Waals surface area contributed by atoms with Gasteiger partial charge in [0.25, 0.3) is 0 Å². The fourth-order valence-corrected chi connectivity index (χ4v) is 2.57. The van der Waals surface area contributed by atoms with Crippen LogP contribution in [0.5, 0.6) is 0 Å². The quantitative estimate of drug-likeness (QED) is 0.825. The number of hydrogen-bond donors (Lipinski definition) is 2. The Hall–Kier alpha value is -1.35. The molecule has 3 N–H and O–H groups in total. The van der Waals surface area contributed by atoms with Gasteiger partial charge < -0.3 is 10.7 Å². The molecule has 3 nitrogen and oxygen atoms in total. The van der Waals surface area contributed by atoms with E-state index in [1.54, 1.807) is 0 Å². The van der Waals surface area contributed by atoms with Crippen LogP contribution in [0.2, 0.25) is 0 Å². The third-order valence-corrected chi connectivity index (χ3v) is 3.83. The molecule has 1 saturated carbocycles. The van der Waals surface area contributed by atoms with Crippen molar-refractivity contribution in [3.8, 4) is 0 Å². The first-order valence-electron chi connectivity index (χ1n) is 5.95. The maximum absolute atomic E-state index is 5.87. The number of H-pyrrole nitrogens is 1. The van der Waals surface area contributed by atoms with E-state index in [0.717, 1.165) is 29.8 Å². The van der Waals surface area contributed by atoms with Crippen LogP contribution in [0.15, 0.2) is 24.3 Å². The highest BCUT2D eigenvalue weighted by Gasteiger charge is 2.36. The van der Waals surface area contributed by atoms with Crippen molar-refractivity contribution < 1.29 is 0 Å². The lowest BCUT2D eigenvalue weighted by molar-refractivity contribution is 0.142. The fourth-order valence-electron chi connectivity index (χ4n) is 2.57. The second-order valence-electron chi connectivity index (χ2n) is 4.94. The van der Waals surface area contributed by atoms with Crippen LogP contribution in [0, 0.1) is 5.41 Å². The molecule has 1 aliphatic rings. The van der Waals surface area contributed by atoms with Gasteiger partial charge in [-0.05, 0) is 36.9 Å². The zero-order valence-electron chi connectivity index (χ0n) is 9.37. The molecule has 0 aliphatic heterocycles. The second-order valence-corrected chi connectivity index (χ2v) is 4.94. The average Bonchev–Trinajstić information content (AvgIpc) is 2.65. The van der Waals surface area contributed by atoms with E-state index in [-0.39, 0.29) is 0 Å². The van der Waals surface area contributed by atoms with Gasteiger partial charge in [0.05, 0.1) is 11.0 Å². The zero-order valence-corrected chi connectivity index (χ0v) is 9.37. The molecule has 1 heterocycles. The molecule has 16 heavy (non-hydrogen) atoms. The van der Waals surface area contributed by atoms with E-state index in [9.17, 15) is 0 Å². The normalized spacial score (nSPS) is 18.6. The van der Waals surface area contributed by atoms with Crippen LogP contribution in [0.3, 0.4) is 0 Å². The summed E-state index contributed by atoms with van der Waals surface area (Å²) in [6, 6.07) is 8.17. The Morgan fingerprint density at radius 2 is 2.12 bits per heavy atom. The first kappa shape index (κ1) is 9.85. The van der Waals surface area contributed by atoms with Gasteiger partial charge in [0.15, 0.2) is 0 Å². The molecule has 1 aromatic carbocycles. The van der Waals surface area contributed by atoms with Crippen LogP contribution < -0.4 is 5.73 Å². The number of aromatic nitrogens is 2. The Balaban J connectivity index is 1.89. The number of aromatic amines is 1. The highest BCUT2D eigenvalue weighted by atomic mass is 14.9. The molecule has 1 fully saturated rings. The third-order valence-electron chi connectivity index (χ3n) is 3.83. The Morgan fingerprint density at radius 3 is 2.75 bits per heavy atom. The Labute approximate surface area is 95.1 Å². The van der Waals surface area contributed by atoms with Crippen LogP contribution in [0.25, 0.3) is 11.0 Å². The van der Waals surface area contributed by atoms with Gasteiger partial charge in [0.1, 0.15) is 5.82 Å². The van der Waals surface area contributed by atoms with Gasteiger partial charge in [-0.15, -0.1) is 0 Å². The minimum atomic E-state index is 0.327. The molecule has 0 bridgehead atoms. The highest BCUT2D eigenvalue weighted by Crippen LogP contribution is 2.42. The van der Waals surface area contributed by atoms with Crippen molar-refractivity contribution in [1.82, 2.24) is 9.97 Å². The van der Waals surface area contributed by atoms with Crippen molar-refractivity contribution >= 4 is 11.0 Å². The summed E-state index contributed by atoms with van der Waals surface area (Å²) < 4.78 is 0. The molecule has 0 radical (unpaired) electrons. The summed E-state index contributed by atoms with van der Waals surface area (Å²) in [5.74, 6) is 1.09. The number of imidazole rings is 1. The van der Waals surface area contributed by atoms with Crippen LogP contribution in [0.1, 0.15) is 25.1 Å². The molecule has 0 spiro atoms. The molecule has 0 unspecified atom stereocenters. The van der Waals surface area contributed by atoms with Gasteiger partial charge >= 0.3 is 0 Å². The monoisotopic (exact) mass is 215 g/mol. The summed E-state index contributed by atoms with van der Waals surface area (Å²) >= 11 is 0. The number of nitrogens with one attached hydrogen (secondary N) is 1. The van der Waals surface area contributed by atoms with Gasteiger partial charge in [-0.3, -0.25) is 0 Å². The molecule has 3 rings (SSSR count). The van der Waals surface area contributed by atoms with E-state index in [1.165, 1.54) is 19.3 Å². The van der Waals surface area contributed by atoms with E-state index >= 15 is 0 Å². The Kier molecular flexibility index (Phi) is 2.21. The standard InChI is InChI=1S/C13H17N3/c14-9-13(6-3-7-13)8-12-15-10-4-1-2-5-11(10)16-12/h1-2,4-5H,3,6-9,14H2,(H,15,16). The predicted octanol–water partition coefficient (Wildman–Crippen LogP) is 2.23. The smallest absolute Gasteiger partial charge is 0.107 e. The first-order valence-corrected chi connectivity index (χ1v) is 5.95. The lowest BCUT2D eigenvalue weighted by atomic mass is 9.66. The molecule has 0 amide bonds. The first-order chi connectivity index (χ1) is 7.81. The SMILES string of the molecule is NCC1(Cc2nc3ccccc3[nH]2)CCC1. The lowest BCUT2D eigenvalue weighted by Gasteiger charge is -2.40. The van der Waals surface area contributed by atoms with E-state index in [0.29, 0.717) is 5.41 Å². The number of hydrogen-bond acceptors (Lipinski definition) is 2. The topological polar surface area (TPSA) is 54.7 Å². The summed E-state index contributed by atoms with van der Waals surface area (Å²) in [6.45, 7) is 0.782. The lowest BCUT2D eigenvalue weighted by Crippen LogP contribution is -2.39. The maximum Gasteiger partial charge on any atom is 0.107 e. The van der Waals surface area contributed by atoms with Crippen molar-refractivity contribution in [2.24, 2.45) is 11.1 Å². The Morgan fingerprint density at radius 1 is 1.31 bits per heavy atom. The number of nitrogens with zero attached hydrogens (tertiary/aromatic N) is 1. The fraction of sp³-hybridized carbons (Fsp3) is 0.462. The molecule has 0 saturated heterocycles.